The van der Waals surface area contributed by atoms with E-state index in [0.717, 1.165) is 54.6 Å². The molecule has 3 aromatic carbocycles. The Hall–Kier alpha value is -3.22. The summed E-state index contributed by atoms with van der Waals surface area (Å²) in [4.78, 5) is 17.1. The number of hydrogen-bond donors (Lipinski definition) is 1. The molecule has 1 aliphatic rings. The number of carbonyl (C=O) groups is 1. The Labute approximate surface area is 237 Å². The maximum absolute atomic E-state index is 12.5. The van der Waals surface area contributed by atoms with Gasteiger partial charge in [0.15, 0.2) is 0 Å². The van der Waals surface area contributed by atoms with Crippen LogP contribution in [0.5, 0.6) is 0 Å². The lowest BCUT2D eigenvalue weighted by molar-refractivity contribution is -0.111. The first kappa shape index (κ1) is 26.4. The van der Waals surface area contributed by atoms with Gasteiger partial charge in [0.05, 0.1) is 10.7 Å². The molecule has 0 saturated carbocycles. The first-order valence-corrected chi connectivity index (χ1v) is 13.4. The Balaban J connectivity index is 1.14. The van der Waals surface area contributed by atoms with Crippen LogP contribution >= 0.6 is 34.8 Å². The smallest absolute Gasteiger partial charge is 0.248 e. The van der Waals surface area contributed by atoms with Crippen LogP contribution in [0.4, 0.5) is 11.4 Å². The largest absolute Gasteiger partial charge is 0.457 e. The fourth-order valence-corrected chi connectivity index (χ4v) is 5.03. The summed E-state index contributed by atoms with van der Waals surface area (Å²) in [6, 6.07) is 24.6. The number of rotatable bonds is 7. The standard InChI is InChI=1S/C30H26Cl3N3O2/c31-23-7-5-21(6-8-23)29-13-10-25(38-29)11-14-30(37)34-24-9-12-28(27(33)19-24)36-17-15-35(16-18-36)20-22-3-1-2-4-26(22)32/h1-14,19H,15-18,20H2,(H,34,37). The van der Waals surface area contributed by atoms with Crippen molar-refractivity contribution in [1.82, 2.24) is 4.90 Å². The third-order valence-electron chi connectivity index (χ3n) is 6.43. The monoisotopic (exact) mass is 565 g/mol. The van der Waals surface area contributed by atoms with Gasteiger partial charge < -0.3 is 14.6 Å². The lowest BCUT2D eigenvalue weighted by Crippen LogP contribution is -2.46. The molecular weight excluding hydrogens is 541 g/mol. The van der Waals surface area contributed by atoms with Crippen molar-refractivity contribution in [2.75, 3.05) is 36.4 Å². The van der Waals surface area contributed by atoms with Crippen molar-refractivity contribution in [1.29, 1.82) is 0 Å². The molecule has 0 aliphatic carbocycles. The molecule has 1 aromatic heterocycles. The van der Waals surface area contributed by atoms with Crippen LogP contribution in [0.2, 0.25) is 15.1 Å². The first-order valence-electron chi connectivity index (χ1n) is 12.3. The summed E-state index contributed by atoms with van der Waals surface area (Å²) in [5.41, 5.74) is 3.65. The minimum absolute atomic E-state index is 0.272. The van der Waals surface area contributed by atoms with E-state index in [1.54, 1.807) is 24.3 Å². The molecule has 5 nitrogen and oxygen atoms in total. The van der Waals surface area contributed by atoms with Crippen molar-refractivity contribution < 1.29 is 9.21 Å². The zero-order valence-electron chi connectivity index (χ0n) is 20.5. The number of hydrogen-bond acceptors (Lipinski definition) is 4. The molecular formula is C30H26Cl3N3O2. The minimum atomic E-state index is -0.272. The van der Waals surface area contributed by atoms with E-state index < -0.39 is 0 Å². The average Bonchev–Trinajstić information content (AvgIpc) is 3.39. The molecule has 1 saturated heterocycles. The molecule has 1 fully saturated rings. The van der Waals surface area contributed by atoms with Gasteiger partial charge in [-0.15, -0.1) is 0 Å². The Kier molecular flexibility index (Phi) is 8.40. The van der Waals surface area contributed by atoms with Gasteiger partial charge in [-0.05, 0) is 72.3 Å². The summed E-state index contributed by atoms with van der Waals surface area (Å²) in [6.07, 6.45) is 3.07. The number of piperazine rings is 1. The van der Waals surface area contributed by atoms with E-state index in [-0.39, 0.29) is 5.91 Å². The number of carbonyl (C=O) groups excluding carboxylic acids is 1. The molecule has 1 N–H and O–H groups in total. The second-order valence-electron chi connectivity index (χ2n) is 9.05. The normalized spacial score (nSPS) is 14.2. The number of furan rings is 1. The SMILES string of the molecule is O=C(C=Cc1ccc(-c2ccc(Cl)cc2)o1)Nc1ccc(N2CCN(Cc3ccccc3Cl)CC2)c(Cl)c1. The molecule has 5 rings (SSSR count). The molecule has 1 aliphatic heterocycles. The van der Waals surface area contributed by atoms with Crippen LogP contribution < -0.4 is 10.2 Å². The molecule has 0 spiro atoms. The number of amides is 1. The van der Waals surface area contributed by atoms with Crippen molar-refractivity contribution in [2.24, 2.45) is 0 Å². The molecule has 0 atom stereocenters. The predicted octanol–water partition coefficient (Wildman–Crippen LogP) is 7.88. The van der Waals surface area contributed by atoms with Crippen LogP contribution in [-0.2, 0) is 11.3 Å². The summed E-state index contributed by atoms with van der Waals surface area (Å²) in [5.74, 6) is 1.01. The maximum Gasteiger partial charge on any atom is 0.248 e. The van der Waals surface area contributed by atoms with Gasteiger partial charge in [0.25, 0.3) is 0 Å². The van der Waals surface area contributed by atoms with Gasteiger partial charge in [-0.1, -0.05) is 53.0 Å². The molecule has 8 heteroatoms. The highest BCUT2D eigenvalue weighted by molar-refractivity contribution is 6.33. The number of anilines is 2. The van der Waals surface area contributed by atoms with E-state index in [4.69, 9.17) is 39.2 Å². The van der Waals surface area contributed by atoms with Gasteiger partial charge in [0, 0.05) is 60.1 Å². The second kappa shape index (κ2) is 12.1. The maximum atomic E-state index is 12.5. The fraction of sp³-hybridized carbons (Fsp3) is 0.167. The highest BCUT2D eigenvalue weighted by atomic mass is 35.5. The topological polar surface area (TPSA) is 48.7 Å². The highest BCUT2D eigenvalue weighted by Crippen LogP contribution is 2.30. The Morgan fingerprint density at radius 2 is 1.63 bits per heavy atom. The highest BCUT2D eigenvalue weighted by Gasteiger charge is 2.20. The van der Waals surface area contributed by atoms with Crippen molar-refractivity contribution in [3.05, 3.63) is 111 Å². The van der Waals surface area contributed by atoms with E-state index in [1.807, 2.05) is 54.6 Å². The van der Waals surface area contributed by atoms with E-state index in [0.29, 0.717) is 27.3 Å². The molecule has 0 bridgehead atoms. The summed E-state index contributed by atoms with van der Waals surface area (Å²) < 4.78 is 5.81. The van der Waals surface area contributed by atoms with Crippen molar-refractivity contribution >= 4 is 58.2 Å². The predicted molar refractivity (Wildman–Crippen MR) is 157 cm³/mol. The lowest BCUT2D eigenvalue weighted by atomic mass is 10.2. The molecule has 4 aromatic rings. The van der Waals surface area contributed by atoms with E-state index in [1.165, 1.54) is 6.08 Å². The van der Waals surface area contributed by atoms with Gasteiger partial charge in [-0.25, -0.2) is 0 Å². The summed E-state index contributed by atoms with van der Waals surface area (Å²) >= 11 is 18.9. The molecule has 194 valence electrons. The quantitative estimate of drug-likeness (QED) is 0.231. The summed E-state index contributed by atoms with van der Waals surface area (Å²) in [6.45, 7) is 4.38. The molecule has 0 radical (unpaired) electrons. The Morgan fingerprint density at radius 1 is 0.868 bits per heavy atom. The van der Waals surface area contributed by atoms with E-state index in [2.05, 4.69) is 21.2 Å². The molecule has 0 unspecified atom stereocenters. The first-order chi connectivity index (χ1) is 18.4. The van der Waals surface area contributed by atoms with Crippen molar-refractivity contribution in [2.45, 2.75) is 6.54 Å². The second-order valence-corrected chi connectivity index (χ2v) is 10.3. The fourth-order valence-electron chi connectivity index (χ4n) is 4.41. The number of nitrogens with zero attached hydrogens (tertiary/aromatic N) is 2. The molecule has 38 heavy (non-hydrogen) atoms. The molecule has 2 heterocycles. The zero-order chi connectivity index (χ0) is 26.5. The van der Waals surface area contributed by atoms with Crippen molar-refractivity contribution in [3.63, 3.8) is 0 Å². The summed E-state index contributed by atoms with van der Waals surface area (Å²) in [5, 5.41) is 4.93. The van der Waals surface area contributed by atoms with Gasteiger partial charge in [-0.3, -0.25) is 9.69 Å². The number of benzene rings is 3. The van der Waals surface area contributed by atoms with Crippen LogP contribution in [0.25, 0.3) is 17.4 Å². The van der Waals surface area contributed by atoms with Crippen LogP contribution in [0.15, 0.2) is 89.4 Å². The zero-order valence-corrected chi connectivity index (χ0v) is 22.8. The van der Waals surface area contributed by atoms with Crippen molar-refractivity contribution in [3.8, 4) is 11.3 Å². The number of nitrogens with one attached hydrogen (secondary N) is 1. The minimum Gasteiger partial charge on any atom is -0.457 e. The van der Waals surface area contributed by atoms with E-state index >= 15 is 0 Å². The van der Waals surface area contributed by atoms with Gasteiger partial charge in [0.1, 0.15) is 11.5 Å². The van der Waals surface area contributed by atoms with Crippen LogP contribution in [0, 0.1) is 0 Å². The van der Waals surface area contributed by atoms with E-state index in [9.17, 15) is 4.79 Å². The molecule has 1 amide bonds. The van der Waals surface area contributed by atoms with Crippen LogP contribution in [0.3, 0.4) is 0 Å². The van der Waals surface area contributed by atoms with Gasteiger partial charge in [0.2, 0.25) is 5.91 Å². The lowest BCUT2D eigenvalue weighted by Gasteiger charge is -2.36. The Bertz CT molecular complexity index is 1440. The van der Waals surface area contributed by atoms with Gasteiger partial charge in [-0.2, -0.15) is 0 Å². The van der Waals surface area contributed by atoms with Crippen LogP contribution in [0.1, 0.15) is 11.3 Å². The summed E-state index contributed by atoms with van der Waals surface area (Å²) in [7, 11) is 0. The third-order valence-corrected chi connectivity index (χ3v) is 7.36. The van der Waals surface area contributed by atoms with Crippen LogP contribution in [-0.4, -0.2) is 37.0 Å². The third kappa shape index (κ3) is 6.61. The number of halogens is 3. The van der Waals surface area contributed by atoms with Gasteiger partial charge >= 0.3 is 0 Å². The average molecular weight is 567 g/mol. The Morgan fingerprint density at radius 3 is 2.37 bits per heavy atom.